The van der Waals surface area contributed by atoms with Crippen LogP contribution in [0.5, 0.6) is 0 Å². The molecule has 0 heterocycles. The highest BCUT2D eigenvalue weighted by Gasteiger charge is 2.07. The number of hydrogen-bond acceptors (Lipinski definition) is 2. The number of methoxy groups -OCH3 is 1. The molecular formula is C8H7ClO2. The maximum Gasteiger partial charge on any atom is 0.339 e. The van der Waals surface area contributed by atoms with Gasteiger partial charge in [0.05, 0.1) is 19.1 Å². The van der Waals surface area contributed by atoms with E-state index in [1.54, 1.807) is 0 Å². The Balaban J connectivity index is 3.09. The SMILES string of the molecule is [2H]c1ccc(C(=O)OC)c(Cl)c1. The molecule has 58 valence electrons. The maximum atomic E-state index is 11.0. The van der Waals surface area contributed by atoms with Gasteiger partial charge in [-0.1, -0.05) is 23.7 Å². The molecule has 0 aliphatic heterocycles. The second-order valence-electron chi connectivity index (χ2n) is 1.90. The summed E-state index contributed by atoms with van der Waals surface area (Å²) in [4.78, 5) is 11.0. The van der Waals surface area contributed by atoms with Crippen LogP contribution in [-0.2, 0) is 4.74 Å². The Hall–Kier alpha value is -1.02. The zero-order chi connectivity index (χ0) is 9.14. The van der Waals surface area contributed by atoms with Crippen molar-refractivity contribution in [2.45, 2.75) is 0 Å². The van der Waals surface area contributed by atoms with E-state index in [0.717, 1.165) is 0 Å². The number of carbonyl (C=O) groups excluding carboxylic acids is 1. The lowest BCUT2D eigenvalue weighted by molar-refractivity contribution is 0.0601. The molecule has 0 N–H and O–H groups in total. The van der Waals surface area contributed by atoms with Crippen LogP contribution in [0.15, 0.2) is 24.2 Å². The first-order valence-electron chi connectivity index (χ1n) is 3.49. The van der Waals surface area contributed by atoms with E-state index in [4.69, 9.17) is 13.0 Å². The molecule has 0 aliphatic rings. The van der Waals surface area contributed by atoms with Crippen molar-refractivity contribution in [2.75, 3.05) is 7.11 Å². The van der Waals surface area contributed by atoms with Crippen LogP contribution in [0.2, 0.25) is 5.02 Å². The van der Waals surface area contributed by atoms with Gasteiger partial charge in [0.15, 0.2) is 0 Å². The fraction of sp³-hybridized carbons (Fsp3) is 0.125. The topological polar surface area (TPSA) is 26.3 Å². The smallest absolute Gasteiger partial charge is 0.339 e. The van der Waals surface area contributed by atoms with E-state index < -0.39 is 5.97 Å². The Bertz CT molecular complexity index is 312. The molecule has 0 amide bonds. The van der Waals surface area contributed by atoms with Gasteiger partial charge in [0, 0.05) is 0 Å². The van der Waals surface area contributed by atoms with Gasteiger partial charge in [0.25, 0.3) is 0 Å². The molecular weight excluding hydrogens is 164 g/mol. The molecule has 0 radical (unpaired) electrons. The molecule has 0 spiro atoms. The molecule has 1 rings (SSSR count). The van der Waals surface area contributed by atoms with Gasteiger partial charge in [0.1, 0.15) is 0 Å². The van der Waals surface area contributed by atoms with Gasteiger partial charge in [0.2, 0.25) is 0 Å². The lowest BCUT2D eigenvalue weighted by Gasteiger charge is -1.99. The highest BCUT2D eigenvalue weighted by atomic mass is 35.5. The highest BCUT2D eigenvalue weighted by Crippen LogP contribution is 2.15. The molecule has 0 saturated carbocycles. The van der Waals surface area contributed by atoms with Gasteiger partial charge in [-0.2, -0.15) is 0 Å². The Morgan fingerprint density at radius 2 is 2.45 bits per heavy atom. The van der Waals surface area contributed by atoms with Gasteiger partial charge in [-0.3, -0.25) is 0 Å². The Labute approximate surface area is 71.1 Å². The number of rotatable bonds is 1. The lowest BCUT2D eigenvalue weighted by Crippen LogP contribution is -2.01. The third-order valence-corrected chi connectivity index (χ3v) is 1.53. The Morgan fingerprint density at radius 1 is 1.73 bits per heavy atom. The molecule has 0 aliphatic carbocycles. The molecule has 0 saturated heterocycles. The normalized spacial score (nSPS) is 10.5. The van der Waals surface area contributed by atoms with Crippen molar-refractivity contribution in [1.82, 2.24) is 0 Å². The molecule has 1 aromatic carbocycles. The van der Waals surface area contributed by atoms with E-state index >= 15 is 0 Å². The minimum absolute atomic E-state index is 0.245. The summed E-state index contributed by atoms with van der Waals surface area (Å²) in [6.45, 7) is 0. The number of esters is 1. The molecule has 0 atom stereocenters. The minimum atomic E-state index is -0.486. The van der Waals surface area contributed by atoms with Gasteiger partial charge < -0.3 is 4.74 Å². The molecule has 0 aromatic heterocycles. The van der Waals surface area contributed by atoms with Crippen molar-refractivity contribution in [3.63, 3.8) is 0 Å². The summed E-state index contributed by atoms with van der Waals surface area (Å²) >= 11 is 5.68. The van der Waals surface area contributed by atoms with E-state index in [1.807, 2.05) is 0 Å². The van der Waals surface area contributed by atoms with Crippen LogP contribution >= 0.6 is 11.6 Å². The van der Waals surface area contributed by atoms with Crippen molar-refractivity contribution >= 4 is 17.6 Å². The van der Waals surface area contributed by atoms with Crippen LogP contribution in [0.4, 0.5) is 0 Å². The third-order valence-electron chi connectivity index (χ3n) is 1.22. The van der Waals surface area contributed by atoms with Crippen LogP contribution < -0.4 is 0 Å². The molecule has 3 heteroatoms. The summed E-state index contributed by atoms with van der Waals surface area (Å²) in [5.41, 5.74) is 0.287. The van der Waals surface area contributed by atoms with Crippen molar-refractivity contribution in [1.29, 1.82) is 0 Å². The zero-order valence-corrected chi connectivity index (χ0v) is 6.68. The summed E-state index contributed by atoms with van der Waals surface area (Å²) in [5.74, 6) is -0.486. The average Bonchev–Trinajstić information content (AvgIpc) is 2.03. The van der Waals surface area contributed by atoms with E-state index in [-0.39, 0.29) is 16.6 Å². The summed E-state index contributed by atoms with van der Waals surface area (Å²) in [6.07, 6.45) is 0. The zero-order valence-electron chi connectivity index (χ0n) is 6.93. The first kappa shape index (κ1) is 6.68. The van der Waals surface area contributed by atoms with Crippen molar-refractivity contribution in [3.8, 4) is 0 Å². The van der Waals surface area contributed by atoms with Crippen LogP contribution in [0.3, 0.4) is 0 Å². The van der Waals surface area contributed by atoms with Crippen LogP contribution in [0.1, 0.15) is 11.7 Å². The fourth-order valence-corrected chi connectivity index (χ4v) is 0.889. The van der Waals surface area contributed by atoms with Crippen LogP contribution in [-0.4, -0.2) is 13.1 Å². The average molecular weight is 172 g/mol. The largest absolute Gasteiger partial charge is 0.465 e. The van der Waals surface area contributed by atoms with E-state index in [1.165, 1.54) is 25.3 Å². The van der Waals surface area contributed by atoms with Gasteiger partial charge in [-0.05, 0) is 12.1 Å². The van der Waals surface area contributed by atoms with Gasteiger partial charge in [-0.15, -0.1) is 0 Å². The predicted octanol–water partition coefficient (Wildman–Crippen LogP) is 2.13. The number of carbonyl (C=O) groups is 1. The standard InChI is InChI=1S/C8H7ClO2/c1-11-8(10)6-4-2-3-5-7(6)9/h2-5H,1H3/i3D. The number of hydrogen-bond donors (Lipinski definition) is 0. The molecule has 11 heavy (non-hydrogen) atoms. The van der Waals surface area contributed by atoms with Crippen LogP contribution in [0, 0.1) is 0 Å². The maximum absolute atomic E-state index is 11.0. The molecule has 0 bridgehead atoms. The Kier molecular flexibility index (Phi) is 2.06. The Morgan fingerprint density at radius 3 is 3.00 bits per heavy atom. The summed E-state index contributed by atoms with van der Waals surface area (Å²) in [5, 5.41) is 0.245. The fourth-order valence-electron chi connectivity index (χ4n) is 0.686. The third kappa shape index (κ3) is 1.71. The highest BCUT2D eigenvalue weighted by molar-refractivity contribution is 6.33. The second-order valence-corrected chi connectivity index (χ2v) is 2.30. The van der Waals surface area contributed by atoms with Crippen molar-refractivity contribution < 1.29 is 10.9 Å². The molecule has 0 fully saturated rings. The predicted molar refractivity (Wildman–Crippen MR) is 42.8 cm³/mol. The number of ether oxygens (including phenoxy) is 1. The molecule has 2 nitrogen and oxygen atoms in total. The van der Waals surface area contributed by atoms with Crippen molar-refractivity contribution in [2.24, 2.45) is 0 Å². The molecule has 0 unspecified atom stereocenters. The first-order chi connectivity index (χ1) is 5.65. The van der Waals surface area contributed by atoms with E-state index in [0.29, 0.717) is 0 Å². The summed E-state index contributed by atoms with van der Waals surface area (Å²) < 4.78 is 11.7. The monoisotopic (exact) mass is 171 g/mol. The van der Waals surface area contributed by atoms with E-state index in [2.05, 4.69) is 4.74 Å². The van der Waals surface area contributed by atoms with Gasteiger partial charge >= 0.3 is 5.97 Å². The number of halogens is 1. The van der Waals surface area contributed by atoms with Crippen LogP contribution in [0.25, 0.3) is 0 Å². The van der Waals surface area contributed by atoms with Crippen molar-refractivity contribution in [3.05, 3.63) is 34.8 Å². The second kappa shape index (κ2) is 3.39. The number of benzene rings is 1. The quantitative estimate of drug-likeness (QED) is 0.605. The summed E-state index contributed by atoms with van der Waals surface area (Å²) in [7, 11) is 1.28. The molecule has 1 aromatic rings. The lowest BCUT2D eigenvalue weighted by atomic mass is 10.2. The minimum Gasteiger partial charge on any atom is -0.465 e. The summed E-state index contributed by atoms with van der Waals surface area (Å²) in [6, 6.07) is 4.62. The van der Waals surface area contributed by atoms with E-state index in [9.17, 15) is 4.79 Å². The van der Waals surface area contributed by atoms with Gasteiger partial charge in [-0.25, -0.2) is 4.79 Å². The first-order valence-corrected chi connectivity index (χ1v) is 3.37.